The summed E-state index contributed by atoms with van der Waals surface area (Å²) < 4.78 is 16.6. The molecule has 0 radical (unpaired) electrons. The molecule has 1 amide bonds. The first-order valence-corrected chi connectivity index (χ1v) is 8.22. The predicted molar refractivity (Wildman–Crippen MR) is 89.7 cm³/mol. The topological polar surface area (TPSA) is 68.2 Å². The van der Waals surface area contributed by atoms with E-state index in [4.69, 9.17) is 14.2 Å². The molecule has 1 aromatic carbocycles. The van der Waals surface area contributed by atoms with Gasteiger partial charge in [-0.15, -0.1) is 0 Å². The van der Waals surface area contributed by atoms with Gasteiger partial charge in [0.25, 0.3) is 0 Å². The number of benzene rings is 1. The zero-order chi connectivity index (χ0) is 17.6. The zero-order valence-corrected chi connectivity index (χ0v) is 14.6. The summed E-state index contributed by atoms with van der Waals surface area (Å²) >= 11 is 0. The maximum Gasteiger partial charge on any atom is 0.410 e. The lowest BCUT2D eigenvalue weighted by atomic mass is 10.2. The number of nitrogens with zero attached hydrogens (tertiary/aromatic N) is 1. The smallest absolute Gasteiger partial charge is 0.410 e. The summed E-state index contributed by atoms with van der Waals surface area (Å²) in [5, 5.41) is 9.91. The van der Waals surface area contributed by atoms with Gasteiger partial charge in [0.05, 0.1) is 45.1 Å². The van der Waals surface area contributed by atoms with Crippen LogP contribution in [0.2, 0.25) is 0 Å². The van der Waals surface area contributed by atoms with Crippen molar-refractivity contribution in [1.29, 1.82) is 0 Å². The Bertz CT molecular complexity index is 514. The molecule has 2 rings (SSSR count). The fraction of sp³-hybridized carbons (Fsp3) is 0.611. The summed E-state index contributed by atoms with van der Waals surface area (Å²) in [6.07, 6.45) is -1.18. The van der Waals surface area contributed by atoms with Crippen LogP contribution in [0, 0.1) is 0 Å². The normalized spacial score (nSPS) is 22.1. The number of aliphatic hydroxyl groups is 1. The average molecular weight is 337 g/mol. The van der Waals surface area contributed by atoms with E-state index in [9.17, 15) is 9.90 Å². The molecule has 0 unspecified atom stereocenters. The molecule has 0 bridgehead atoms. The molecule has 0 saturated carbocycles. The Balaban J connectivity index is 1.96. The van der Waals surface area contributed by atoms with Crippen molar-refractivity contribution in [3.8, 4) is 0 Å². The summed E-state index contributed by atoms with van der Waals surface area (Å²) in [4.78, 5) is 13.9. The molecule has 1 heterocycles. The van der Waals surface area contributed by atoms with Crippen molar-refractivity contribution in [2.45, 2.75) is 45.1 Å². The van der Waals surface area contributed by atoms with E-state index in [1.165, 1.54) is 4.90 Å². The second-order valence-electron chi connectivity index (χ2n) is 6.98. The van der Waals surface area contributed by atoms with E-state index >= 15 is 0 Å². The number of ether oxygens (including phenoxy) is 3. The summed E-state index contributed by atoms with van der Waals surface area (Å²) in [5.74, 6) is 0. The third-order valence-corrected chi connectivity index (χ3v) is 3.52. The average Bonchev–Trinajstić information content (AvgIpc) is 2.68. The summed E-state index contributed by atoms with van der Waals surface area (Å²) in [5.41, 5.74) is 0.473. The second kappa shape index (κ2) is 8.46. The first-order valence-electron chi connectivity index (χ1n) is 8.22. The maximum absolute atomic E-state index is 12.4. The van der Waals surface area contributed by atoms with E-state index in [0.29, 0.717) is 19.8 Å². The van der Waals surface area contributed by atoms with Gasteiger partial charge in [0.2, 0.25) is 0 Å². The molecule has 134 valence electrons. The number of carbonyl (C=O) groups is 1. The van der Waals surface area contributed by atoms with E-state index in [-0.39, 0.29) is 19.2 Å². The van der Waals surface area contributed by atoms with Crippen molar-refractivity contribution < 1.29 is 24.1 Å². The molecule has 1 aromatic rings. The van der Waals surface area contributed by atoms with E-state index < -0.39 is 17.8 Å². The molecule has 1 N–H and O–H groups in total. The highest BCUT2D eigenvalue weighted by molar-refractivity contribution is 5.68. The van der Waals surface area contributed by atoms with Gasteiger partial charge < -0.3 is 19.3 Å². The number of hydrogen-bond donors (Lipinski definition) is 1. The molecule has 1 fully saturated rings. The predicted octanol–water partition coefficient (Wildman–Crippen LogP) is 2.20. The van der Waals surface area contributed by atoms with Crippen LogP contribution < -0.4 is 0 Å². The fourth-order valence-electron chi connectivity index (χ4n) is 2.43. The zero-order valence-electron chi connectivity index (χ0n) is 14.6. The second-order valence-corrected chi connectivity index (χ2v) is 6.98. The monoisotopic (exact) mass is 337 g/mol. The molecule has 0 spiro atoms. The molecule has 2 atom stereocenters. The van der Waals surface area contributed by atoms with Gasteiger partial charge in [0, 0.05) is 0 Å². The molecule has 6 nitrogen and oxygen atoms in total. The molecule has 0 aliphatic carbocycles. The van der Waals surface area contributed by atoms with Crippen molar-refractivity contribution in [2.75, 3.05) is 26.4 Å². The number of amides is 1. The Morgan fingerprint density at radius 3 is 2.67 bits per heavy atom. The molecule has 1 aliphatic heterocycles. The summed E-state index contributed by atoms with van der Waals surface area (Å²) in [7, 11) is 0. The number of carbonyl (C=O) groups excluding carboxylic acids is 1. The highest BCUT2D eigenvalue weighted by atomic mass is 16.6. The third-order valence-electron chi connectivity index (χ3n) is 3.52. The molecule has 6 heteroatoms. The van der Waals surface area contributed by atoms with Crippen molar-refractivity contribution in [3.63, 3.8) is 0 Å². The lowest BCUT2D eigenvalue weighted by molar-refractivity contribution is -0.0109. The molecular weight excluding hydrogens is 310 g/mol. The lowest BCUT2D eigenvalue weighted by Crippen LogP contribution is -2.48. The van der Waals surface area contributed by atoms with Crippen LogP contribution in [0.4, 0.5) is 4.79 Å². The van der Waals surface area contributed by atoms with Crippen LogP contribution >= 0.6 is 0 Å². The van der Waals surface area contributed by atoms with Crippen molar-refractivity contribution in [3.05, 3.63) is 35.9 Å². The Morgan fingerprint density at radius 1 is 1.29 bits per heavy atom. The van der Waals surface area contributed by atoms with Crippen LogP contribution in [-0.4, -0.2) is 60.2 Å². The van der Waals surface area contributed by atoms with Gasteiger partial charge in [-0.1, -0.05) is 30.3 Å². The lowest BCUT2D eigenvalue weighted by Gasteiger charge is -2.32. The van der Waals surface area contributed by atoms with Crippen LogP contribution in [-0.2, 0) is 20.8 Å². The van der Waals surface area contributed by atoms with Crippen LogP contribution in [0.15, 0.2) is 30.3 Å². The van der Waals surface area contributed by atoms with E-state index in [1.807, 2.05) is 51.1 Å². The fourth-order valence-corrected chi connectivity index (χ4v) is 2.43. The summed E-state index contributed by atoms with van der Waals surface area (Å²) in [6, 6.07) is 9.54. The number of rotatable bonds is 4. The van der Waals surface area contributed by atoms with Crippen molar-refractivity contribution in [2.24, 2.45) is 0 Å². The van der Waals surface area contributed by atoms with Crippen LogP contribution in [0.25, 0.3) is 0 Å². The Morgan fingerprint density at radius 2 is 2.00 bits per heavy atom. The third kappa shape index (κ3) is 6.11. The quantitative estimate of drug-likeness (QED) is 0.912. The highest BCUT2D eigenvalue weighted by Gasteiger charge is 2.32. The van der Waals surface area contributed by atoms with Gasteiger partial charge in [-0.2, -0.15) is 0 Å². The van der Waals surface area contributed by atoms with Crippen LogP contribution in [0.1, 0.15) is 26.3 Å². The molecule has 1 aliphatic rings. The van der Waals surface area contributed by atoms with E-state index in [2.05, 4.69) is 0 Å². The molecule has 0 aromatic heterocycles. The Hall–Kier alpha value is -1.63. The minimum Gasteiger partial charge on any atom is -0.444 e. The van der Waals surface area contributed by atoms with Crippen molar-refractivity contribution in [1.82, 2.24) is 4.90 Å². The van der Waals surface area contributed by atoms with Gasteiger partial charge in [0.1, 0.15) is 5.60 Å². The van der Waals surface area contributed by atoms with Gasteiger partial charge in [-0.3, -0.25) is 4.90 Å². The van der Waals surface area contributed by atoms with E-state index in [0.717, 1.165) is 5.56 Å². The van der Waals surface area contributed by atoms with Crippen molar-refractivity contribution >= 4 is 6.09 Å². The minimum atomic E-state index is -0.725. The SMILES string of the molecule is CC(C)(C)OC(=O)N1C[C@H](O)COC[C@@H]1COCc1ccccc1. The maximum atomic E-state index is 12.4. The van der Waals surface area contributed by atoms with Gasteiger partial charge in [-0.25, -0.2) is 4.79 Å². The number of hydrogen-bond acceptors (Lipinski definition) is 5. The molecule has 24 heavy (non-hydrogen) atoms. The van der Waals surface area contributed by atoms with Crippen LogP contribution in [0.5, 0.6) is 0 Å². The number of β-amino-alcohol motifs (C(OH)–C–C–N with tert-alkyl or cyclic N) is 1. The first kappa shape index (κ1) is 18.7. The molecule has 1 saturated heterocycles. The minimum absolute atomic E-state index is 0.175. The standard InChI is InChI=1S/C18H27NO5/c1-18(2,3)24-17(21)19-9-16(20)13-23-12-15(19)11-22-10-14-7-5-4-6-8-14/h4-8,15-16,20H,9-13H2,1-3H3/t15-,16-/m0/s1. The Labute approximate surface area is 143 Å². The van der Waals surface area contributed by atoms with Gasteiger partial charge in [-0.05, 0) is 26.3 Å². The van der Waals surface area contributed by atoms with Crippen LogP contribution in [0.3, 0.4) is 0 Å². The first-order chi connectivity index (χ1) is 11.3. The summed E-state index contributed by atoms with van der Waals surface area (Å²) in [6.45, 7) is 6.92. The largest absolute Gasteiger partial charge is 0.444 e. The number of aliphatic hydroxyl groups excluding tert-OH is 1. The van der Waals surface area contributed by atoms with E-state index in [1.54, 1.807) is 0 Å². The highest BCUT2D eigenvalue weighted by Crippen LogP contribution is 2.16. The Kier molecular flexibility index (Phi) is 6.60. The van der Waals surface area contributed by atoms with Gasteiger partial charge >= 0.3 is 6.09 Å². The van der Waals surface area contributed by atoms with Gasteiger partial charge in [0.15, 0.2) is 0 Å². The molecular formula is C18H27NO5.